The lowest BCUT2D eigenvalue weighted by atomic mass is 10.1. The van der Waals surface area contributed by atoms with Gasteiger partial charge in [0.05, 0.1) is 23.6 Å². The standard InChI is InChI=1S/C25H27FN12O/c1-13-32-36-38(35-13)16-9-20(24(39)28-15-7-8-21(26)27-11-15)37(12-16)25-29-18-4-2-3-17(18)23(31-25)30-22-10-19(33-34-22)14-5-6-14/h7-8,10-11,14,16,20H,2-6,9,12H2,1H3,(H,28,39)(H2,29,30,31,33,34)/t16-,20+/m0/s1. The quantitative estimate of drug-likeness (QED) is 0.304. The van der Waals surface area contributed by atoms with Gasteiger partial charge < -0.3 is 15.5 Å². The second-order valence-corrected chi connectivity index (χ2v) is 10.3. The van der Waals surface area contributed by atoms with Crippen molar-refractivity contribution in [3.05, 3.63) is 53.1 Å². The molecule has 3 N–H and O–H groups in total. The van der Waals surface area contributed by atoms with Gasteiger partial charge in [0, 0.05) is 36.2 Å². The van der Waals surface area contributed by atoms with Crippen molar-refractivity contribution in [2.24, 2.45) is 0 Å². The van der Waals surface area contributed by atoms with Gasteiger partial charge in [0.25, 0.3) is 0 Å². The first-order valence-electron chi connectivity index (χ1n) is 13.2. The van der Waals surface area contributed by atoms with Crippen LogP contribution in [0.2, 0.25) is 0 Å². The van der Waals surface area contributed by atoms with E-state index in [0.29, 0.717) is 42.2 Å². The summed E-state index contributed by atoms with van der Waals surface area (Å²) in [5.74, 6) is 2.10. The van der Waals surface area contributed by atoms with Crippen molar-refractivity contribution < 1.29 is 9.18 Å². The number of carbonyl (C=O) groups excluding carboxylic acids is 1. The van der Waals surface area contributed by atoms with E-state index in [1.807, 2.05) is 11.0 Å². The SMILES string of the molecule is Cc1nnn([C@H]2C[C@H](C(=O)Nc3ccc(F)nc3)N(c3nc4c(c(Nc5cc(C6CC6)[nH]n5)n3)CCC4)C2)n1. The van der Waals surface area contributed by atoms with Gasteiger partial charge in [-0.1, -0.05) is 0 Å². The third-order valence-corrected chi connectivity index (χ3v) is 7.47. The van der Waals surface area contributed by atoms with Crippen LogP contribution in [0.15, 0.2) is 24.4 Å². The minimum atomic E-state index is -0.620. The largest absolute Gasteiger partial charge is 0.326 e. The van der Waals surface area contributed by atoms with Gasteiger partial charge in [0.2, 0.25) is 17.8 Å². The fraction of sp³-hybridized carbons (Fsp3) is 0.440. The Morgan fingerprint density at radius 1 is 1.21 bits per heavy atom. The van der Waals surface area contributed by atoms with E-state index in [2.05, 4.69) is 41.2 Å². The second kappa shape index (κ2) is 9.36. The summed E-state index contributed by atoms with van der Waals surface area (Å²) in [6.45, 7) is 2.19. The third-order valence-electron chi connectivity index (χ3n) is 7.47. The lowest BCUT2D eigenvalue weighted by Gasteiger charge is -2.25. The number of nitrogens with zero attached hydrogens (tertiary/aromatic N) is 9. The molecule has 0 radical (unpaired) electrons. The number of hydrogen-bond acceptors (Lipinski definition) is 10. The number of nitrogens with one attached hydrogen (secondary N) is 3. The van der Waals surface area contributed by atoms with Crippen LogP contribution in [-0.2, 0) is 17.6 Å². The molecule has 1 saturated carbocycles. The van der Waals surface area contributed by atoms with E-state index >= 15 is 0 Å². The highest BCUT2D eigenvalue weighted by atomic mass is 19.1. The Morgan fingerprint density at radius 2 is 2.10 bits per heavy atom. The molecule has 3 aliphatic rings. The zero-order valence-corrected chi connectivity index (χ0v) is 21.3. The van der Waals surface area contributed by atoms with E-state index in [0.717, 1.165) is 42.0 Å². The van der Waals surface area contributed by atoms with Crippen molar-refractivity contribution in [1.82, 2.24) is 45.4 Å². The smallest absolute Gasteiger partial charge is 0.247 e. The summed E-state index contributed by atoms with van der Waals surface area (Å²) in [7, 11) is 0. The highest BCUT2D eigenvalue weighted by molar-refractivity contribution is 5.97. The van der Waals surface area contributed by atoms with Crippen molar-refractivity contribution in [3.63, 3.8) is 0 Å². The summed E-state index contributed by atoms with van der Waals surface area (Å²) in [6, 6.07) is 3.89. The summed E-state index contributed by atoms with van der Waals surface area (Å²) >= 11 is 0. The summed E-state index contributed by atoms with van der Waals surface area (Å²) < 4.78 is 13.3. The molecule has 1 saturated heterocycles. The van der Waals surface area contributed by atoms with Gasteiger partial charge in [0.15, 0.2) is 11.6 Å². The fourth-order valence-corrected chi connectivity index (χ4v) is 5.36. The topological polar surface area (TPSA) is 155 Å². The number of fused-ring (bicyclic) bond motifs is 1. The van der Waals surface area contributed by atoms with Crippen LogP contribution >= 0.6 is 0 Å². The van der Waals surface area contributed by atoms with Gasteiger partial charge in [-0.3, -0.25) is 9.89 Å². The Labute approximate surface area is 222 Å². The maximum atomic E-state index is 13.5. The van der Waals surface area contributed by atoms with Crippen LogP contribution in [0.1, 0.15) is 60.4 Å². The first kappa shape index (κ1) is 23.6. The van der Waals surface area contributed by atoms with E-state index in [1.54, 1.807) is 11.7 Å². The van der Waals surface area contributed by atoms with E-state index in [4.69, 9.17) is 9.97 Å². The highest BCUT2D eigenvalue weighted by Crippen LogP contribution is 2.40. The Hall–Kier alpha value is -4.49. The number of pyridine rings is 1. The van der Waals surface area contributed by atoms with Crippen molar-refractivity contribution in [3.8, 4) is 0 Å². The number of tetrazole rings is 1. The van der Waals surface area contributed by atoms with Crippen molar-refractivity contribution in [2.45, 2.75) is 63.5 Å². The average molecular weight is 531 g/mol. The van der Waals surface area contributed by atoms with Crippen LogP contribution in [0.25, 0.3) is 0 Å². The minimum Gasteiger partial charge on any atom is -0.326 e. The second-order valence-electron chi connectivity index (χ2n) is 10.3. The summed E-state index contributed by atoms with van der Waals surface area (Å²) in [4.78, 5) is 30.4. The Balaban J connectivity index is 1.21. The monoisotopic (exact) mass is 530 g/mol. The van der Waals surface area contributed by atoms with Gasteiger partial charge in [0.1, 0.15) is 11.9 Å². The number of amides is 1. The third kappa shape index (κ3) is 4.66. The van der Waals surface area contributed by atoms with Crippen LogP contribution in [-0.4, -0.2) is 63.9 Å². The first-order chi connectivity index (χ1) is 19.0. The Bertz CT molecular complexity index is 1530. The molecule has 5 heterocycles. The average Bonchev–Trinajstić information content (AvgIpc) is 3.33. The van der Waals surface area contributed by atoms with E-state index in [1.165, 1.54) is 31.2 Å². The molecule has 1 amide bonds. The van der Waals surface area contributed by atoms with Crippen LogP contribution in [0.4, 0.5) is 27.7 Å². The number of rotatable bonds is 7. The van der Waals surface area contributed by atoms with Gasteiger partial charge in [-0.2, -0.15) is 19.3 Å². The summed E-state index contributed by atoms with van der Waals surface area (Å²) in [5, 5.41) is 26.4. The number of hydrogen-bond donors (Lipinski definition) is 3. The highest BCUT2D eigenvalue weighted by Gasteiger charge is 2.41. The van der Waals surface area contributed by atoms with Gasteiger partial charge in [-0.15, -0.1) is 10.2 Å². The fourth-order valence-electron chi connectivity index (χ4n) is 5.36. The molecule has 0 unspecified atom stereocenters. The number of aromatic nitrogens is 9. The molecule has 4 aromatic heterocycles. The van der Waals surface area contributed by atoms with Crippen LogP contribution in [0.5, 0.6) is 0 Å². The molecular formula is C25H27FN12O. The zero-order valence-electron chi connectivity index (χ0n) is 21.3. The number of aryl methyl sites for hydroxylation is 2. The van der Waals surface area contributed by atoms with Gasteiger partial charge in [-0.05, 0) is 56.4 Å². The van der Waals surface area contributed by atoms with Crippen LogP contribution < -0.4 is 15.5 Å². The Morgan fingerprint density at radius 3 is 2.87 bits per heavy atom. The maximum absolute atomic E-state index is 13.5. The lowest BCUT2D eigenvalue weighted by Crippen LogP contribution is -2.40. The van der Waals surface area contributed by atoms with Crippen LogP contribution in [0, 0.1) is 12.9 Å². The number of carbonyl (C=O) groups is 1. The summed E-state index contributed by atoms with van der Waals surface area (Å²) in [6.07, 6.45) is 6.79. The van der Waals surface area contributed by atoms with E-state index < -0.39 is 12.0 Å². The Kier molecular flexibility index (Phi) is 5.67. The number of H-pyrrole nitrogens is 1. The number of anilines is 4. The van der Waals surface area contributed by atoms with Crippen molar-refractivity contribution in [1.29, 1.82) is 0 Å². The molecule has 39 heavy (non-hydrogen) atoms. The first-order valence-corrected chi connectivity index (χ1v) is 13.2. The molecule has 0 aromatic carbocycles. The predicted octanol–water partition coefficient (Wildman–Crippen LogP) is 2.60. The summed E-state index contributed by atoms with van der Waals surface area (Å²) in [5.41, 5.74) is 3.59. The van der Waals surface area contributed by atoms with Crippen molar-refractivity contribution >= 4 is 29.2 Å². The molecule has 2 aliphatic carbocycles. The van der Waals surface area contributed by atoms with Crippen LogP contribution in [0.3, 0.4) is 0 Å². The zero-order chi connectivity index (χ0) is 26.5. The maximum Gasteiger partial charge on any atom is 0.247 e. The minimum absolute atomic E-state index is 0.214. The van der Waals surface area contributed by atoms with Crippen molar-refractivity contribution in [2.75, 3.05) is 22.1 Å². The van der Waals surface area contributed by atoms with E-state index in [9.17, 15) is 9.18 Å². The van der Waals surface area contributed by atoms with Gasteiger partial charge in [-0.25, -0.2) is 9.97 Å². The molecule has 2 atom stereocenters. The molecule has 200 valence electrons. The molecule has 2 fully saturated rings. The van der Waals surface area contributed by atoms with E-state index in [-0.39, 0.29) is 11.9 Å². The molecule has 0 bridgehead atoms. The molecular weight excluding hydrogens is 503 g/mol. The molecule has 13 nitrogen and oxygen atoms in total. The molecule has 1 aliphatic heterocycles. The van der Waals surface area contributed by atoms with Gasteiger partial charge >= 0.3 is 0 Å². The molecule has 4 aromatic rings. The number of halogens is 1. The molecule has 14 heteroatoms. The molecule has 0 spiro atoms. The molecule has 7 rings (SSSR count). The normalized spacial score (nSPS) is 20.3. The number of aromatic amines is 1. The predicted molar refractivity (Wildman–Crippen MR) is 138 cm³/mol. The lowest BCUT2D eigenvalue weighted by molar-refractivity contribution is -0.117.